The van der Waals surface area contributed by atoms with E-state index in [0.717, 1.165) is 17.5 Å². The molecule has 4 rings (SSSR count). The van der Waals surface area contributed by atoms with Crippen LogP contribution in [-0.2, 0) is 4.79 Å². The molecule has 162 valence electrons. The van der Waals surface area contributed by atoms with Crippen molar-refractivity contribution in [3.05, 3.63) is 58.4 Å². The first-order valence-corrected chi connectivity index (χ1v) is 11.0. The Balaban J connectivity index is 1.75. The Kier molecular flexibility index (Phi) is 5.99. The second kappa shape index (κ2) is 8.85. The zero-order valence-corrected chi connectivity index (χ0v) is 18.2. The Labute approximate surface area is 184 Å². The number of carbonyl (C=O) groups is 2. The summed E-state index contributed by atoms with van der Waals surface area (Å²) in [5.41, 5.74) is 8.44. The van der Waals surface area contributed by atoms with Gasteiger partial charge in [0.05, 0.1) is 25.2 Å². The van der Waals surface area contributed by atoms with Gasteiger partial charge in [-0.25, -0.2) is 0 Å². The number of fused-ring (bicyclic) bond motifs is 1. The standard InChI is InChI=1S/C23H24N2O5S/c1-3-9-29-15-8-7-13(11-17(15)28-4-2)14-12-18(26)25-23-19(14)20(24)22(31-23)21(27)16-6-5-10-30-16/h5-8,10-11,14H,3-4,9,12,24H2,1-2H3,(H,25,26)/t14-/m0/s1. The van der Waals surface area contributed by atoms with E-state index in [1.54, 1.807) is 12.1 Å². The molecule has 3 N–H and O–H groups in total. The number of nitrogens with two attached hydrogens (primary N) is 1. The van der Waals surface area contributed by atoms with Crippen LogP contribution in [0.4, 0.5) is 10.7 Å². The second-order valence-electron chi connectivity index (χ2n) is 7.19. The molecule has 0 aliphatic carbocycles. The van der Waals surface area contributed by atoms with E-state index in [-0.39, 0.29) is 29.8 Å². The lowest BCUT2D eigenvalue weighted by molar-refractivity contribution is -0.116. The summed E-state index contributed by atoms with van der Waals surface area (Å²) in [6, 6.07) is 8.93. The average Bonchev–Trinajstić information content (AvgIpc) is 3.40. The quantitative estimate of drug-likeness (QED) is 0.487. The number of nitrogen functional groups attached to an aromatic ring is 1. The van der Waals surface area contributed by atoms with Crippen molar-refractivity contribution in [2.75, 3.05) is 24.3 Å². The highest BCUT2D eigenvalue weighted by Gasteiger charge is 2.34. The molecule has 1 aliphatic rings. The SMILES string of the molecule is CCCOc1ccc([C@@H]2CC(=O)Nc3sc(C(=O)c4ccco4)c(N)c32)cc1OCC. The van der Waals surface area contributed by atoms with Gasteiger partial charge in [-0.2, -0.15) is 0 Å². The minimum absolute atomic E-state index is 0.125. The first-order chi connectivity index (χ1) is 15.0. The fourth-order valence-electron chi connectivity index (χ4n) is 3.67. The number of anilines is 2. The van der Waals surface area contributed by atoms with Crippen molar-refractivity contribution in [3.8, 4) is 11.5 Å². The molecular weight excluding hydrogens is 416 g/mol. The van der Waals surface area contributed by atoms with Crippen LogP contribution in [0, 0.1) is 0 Å². The molecule has 0 unspecified atom stereocenters. The van der Waals surface area contributed by atoms with Crippen molar-refractivity contribution >= 4 is 33.7 Å². The summed E-state index contributed by atoms with van der Waals surface area (Å²) < 4.78 is 16.8. The second-order valence-corrected chi connectivity index (χ2v) is 8.21. The Morgan fingerprint density at radius 1 is 1.26 bits per heavy atom. The van der Waals surface area contributed by atoms with E-state index in [2.05, 4.69) is 5.32 Å². The number of ketones is 1. The molecule has 1 aliphatic heterocycles. The number of ether oxygens (including phenoxy) is 2. The van der Waals surface area contributed by atoms with Gasteiger partial charge in [0.15, 0.2) is 17.3 Å². The summed E-state index contributed by atoms with van der Waals surface area (Å²) in [5, 5.41) is 3.46. The number of carbonyl (C=O) groups excluding carboxylic acids is 2. The predicted octanol–water partition coefficient (Wildman–Crippen LogP) is 4.82. The lowest BCUT2D eigenvalue weighted by Crippen LogP contribution is -2.22. The van der Waals surface area contributed by atoms with Crippen molar-refractivity contribution in [1.29, 1.82) is 0 Å². The van der Waals surface area contributed by atoms with Gasteiger partial charge in [-0.05, 0) is 43.2 Å². The van der Waals surface area contributed by atoms with Crippen LogP contribution < -0.4 is 20.5 Å². The van der Waals surface area contributed by atoms with Crippen molar-refractivity contribution in [2.45, 2.75) is 32.6 Å². The van der Waals surface area contributed by atoms with Gasteiger partial charge in [0.1, 0.15) is 9.88 Å². The first-order valence-electron chi connectivity index (χ1n) is 10.2. The molecule has 3 heterocycles. The number of thiophene rings is 1. The van der Waals surface area contributed by atoms with Gasteiger partial charge in [0.25, 0.3) is 0 Å². The molecule has 1 atom stereocenters. The molecule has 0 bridgehead atoms. The lowest BCUT2D eigenvalue weighted by atomic mass is 9.86. The van der Waals surface area contributed by atoms with Gasteiger partial charge in [0, 0.05) is 17.9 Å². The minimum Gasteiger partial charge on any atom is -0.490 e. The number of benzene rings is 1. The van der Waals surface area contributed by atoms with Crippen LogP contribution in [0.15, 0.2) is 41.0 Å². The van der Waals surface area contributed by atoms with E-state index in [1.807, 2.05) is 32.0 Å². The number of hydrogen-bond acceptors (Lipinski definition) is 7. The third-order valence-electron chi connectivity index (χ3n) is 5.06. The van der Waals surface area contributed by atoms with E-state index < -0.39 is 0 Å². The van der Waals surface area contributed by atoms with Crippen LogP contribution >= 0.6 is 11.3 Å². The van der Waals surface area contributed by atoms with E-state index in [4.69, 9.17) is 19.6 Å². The van der Waals surface area contributed by atoms with Crippen molar-refractivity contribution in [3.63, 3.8) is 0 Å². The molecule has 0 spiro atoms. The van der Waals surface area contributed by atoms with E-state index in [1.165, 1.54) is 17.6 Å². The molecular formula is C23H24N2O5S. The topological polar surface area (TPSA) is 104 Å². The lowest BCUT2D eigenvalue weighted by Gasteiger charge is -2.24. The van der Waals surface area contributed by atoms with Crippen molar-refractivity contribution in [1.82, 2.24) is 0 Å². The maximum Gasteiger partial charge on any atom is 0.240 e. The van der Waals surface area contributed by atoms with E-state index >= 15 is 0 Å². The fourth-order valence-corrected chi connectivity index (χ4v) is 4.82. The zero-order chi connectivity index (χ0) is 22.0. The highest BCUT2D eigenvalue weighted by atomic mass is 32.1. The molecule has 0 saturated heterocycles. The highest BCUT2D eigenvalue weighted by molar-refractivity contribution is 7.19. The number of hydrogen-bond donors (Lipinski definition) is 2. The maximum atomic E-state index is 12.8. The smallest absolute Gasteiger partial charge is 0.240 e. The highest BCUT2D eigenvalue weighted by Crippen LogP contribution is 2.48. The monoisotopic (exact) mass is 440 g/mol. The number of amides is 1. The maximum absolute atomic E-state index is 12.8. The van der Waals surface area contributed by atoms with Crippen LogP contribution in [0.25, 0.3) is 0 Å². The minimum atomic E-state index is -0.298. The third kappa shape index (κ3) is 4.03. The van der Waals surface area contributed by atoms with Crippen molar-refractivity contribution in [2.24, 2.45) is 0 Å². The van der Waals surface area contributed by atoms with Gasteiger partial charge in [-0.15, -0.1) is 11.3 Å². The molecule has 7 nitrogen and oxygen atoms in total. The van der Waals surface area contributed by atoms with Gasteiger partial charge in [-0.1, -0.05) is 13.0 Å². The Morgan fingerprint density at radius 2 is 2.10 bits per heavy atom. The molecule has 0 radical (unpaired) electrons. The summed E-state index contributed by atoms with van der Waals surface area (Å²) in [6.07, 6.45) is 2.55. The average molecular weight is 441 g/mol. The summed E-state index contributed by atoms with van der Waals surface area (Å²) in [5.74, 6) is 0.789. The summed E-state index contributed by atoms with van der Waals surface area (Å²) in [7, 11) is 0. The van der Waals surface area contributed by atoms with Gasteiger partial charge >= 0.3 is 0 Å². The normalized spacial score (nSPS) is 15.3. The summed E-state index contributed by atoms with van der Waals surface area (Å²) in [4.78, 5) is 25.6. The predicted molar refractivity (Wildman–Crippen MR) is 119 cm³/mol. The van der Waals surface area contributed by atoms with Crippen LogP contribution in [-0.4, -0.2) is 24.9 Å². The number of rotatable bonds is 8. The molecule has 2 aromatic heterocycles. The first kappa shape index (κ1) is 21.0. The van der Waals surface area contributed by atoms with Crippen LogP contribution in [0.3, 0.4) is 0 Å². The third-order valence-corrected chi connectivity index (χ3v) is 6.19. The Bertz CT molecular complexity index is 1100. The number of furan rings is 1. The van der Waals surface area contributed by atoms with E-state index in [9.17, 15) is 9.59 Å². The van der Waals surface area contributed by atoms with E-state index in [0.29, 0.717) is 40.3 Å². The van der Waals surface area contributed by atoms with Crippen LogP contribution in [0.1, 0.15) is 59.2 Å². The van der Waals surface area contributed by atoms with Crippen LogP contribution in [0.2, 0.25) is 0 Å². The van der Waals surface area contributed by atoms with Gasteiger partial charge in [-0.3, -0.25) is 9.59 Å². The molecule has 31 heavy (non-hydrogen) atoms. The van der Waals surface area contributed by atoms with Gasteiger partial charge < -0.3 is 24.9 Å². The fraction of sp³-hybridized carbons (Fsp3) is 0.304. The summed E-state index contributed by atoms with van der Waals surface area (Å²) in [6.45, 7) is 5.03. The molecule has 1 aromatic carbocycles. The Hall–Kier alpha value is -3.26. The molecule has 1 amide bonds. The summed E-state index contributed by atoms with van der Waals surface area (Å²) >= 11 is 1.18. The molecule has 8 heteroatoms. The zero-order valence-electron chi connectivity index (χ0n) is 17.4. The van der Waals surface area contributed by atoms with Crippen LogP contribution in [0.5, 0.6) is 11.5 Å². The number of nitrogens with one attached hydrogen (secondary N) is 1. The van der Waals surface area contributed by atoms with Gasteiger partial charge in [0.2, 0.25) is 11.7 Å². The molecule has 0 saturated carbocycles. The molecule has 0 fully saturated rings. The van der Waals surface area contributed by atoms with Crippen molar-refractivity contribution < 1.29 is 23.5 Å². The Morgan fingerprint density at radius 3 is 2.81 bits per heavy atom. The largest absolute Gasteiger partial charge is 0.490 e. The molecule has 3 aromatic rings.